The summed E-state index contributed by atoms with van der Waals surface area (Å²) in [7, 11) is 0. The van der Waals surface area contributed by atoms with Crippen LogP contribution in [0, 0.1) is 46.3 Å². The van der Waals surface area contributed by atoms with Crippen molar-refractivity contribution in [2.24, 2.45) is 46.3 Å². The summed E-state index contributed by atoms with van der Waals surface area (Å²) in [4.78, 5) is 0. The third-order valence-corrected chi connectivity index (χ3v) is 10.7. The first kappa shape index (κ1) is 23.1. The standard InChI is InChI=1S/C28H50O2/c1-19(8-7-17-30-26(2,3)4)23-11-12-24-22-10-9-20-18-21(29)13-15-27(20,5)25(22)14-16-28(23,24)6/h19-25,29H,7-18H2,1-6H3. The highest BCUT2D eigenvalue weighted by Crippen LogP contribution is 2.68. The van der Waals surface area contributed by atoms with E-state index >= 15 is 0 Å². The van der Waals surface area contributed by atoms with Crippen LogP contribution in [0.3, 0.4) is 0 Å². The molecule has 4 aliphatic carbocycles. The maximum Gasteiger partial charge on any atom is 0.0598 e. The lowest BCUT2D eigenvalue weighted by atomic mass is 9.44. The lowest BCUT2D eigenvalue weighted by Crippen LogP contribution is -2.54. The van der Waals surface area contributed by atoms with Crippen LogP contribution in [0.5, 0.6) is 0 Å². The number of ether oxygens (including phenoxy) is 1. The van der Waals surface area contributed by atoms with Crippen molar-refractivity contribution in [1.82, 2.24) is 0 Å². The molecule has 0 aliphatic heterocycles. The van der Waals surface area contributed by atoms with Gasteiger partial charge in [0.05, 0.1) is 11.7 Å². The smallest absolute Gasteiger partial charge is 0.0598 e. The first-order valence-electron chi connectivity index (χ1n) is 13.4. The van der Waals surface area contributed by atoms with Crippen molar-refractivity contribution in [1.29, 1.82) is 0 Å². The first-order valence-corrected chi connectivity index (χ1v) is 13.4. The molecular weight excluding hydrogens is 368 g/mol. The van der Waals surface area contributed by atoms with Crippen molar-refractivity contribution in [3.05, 3.63) is 0 Å². The topological polar surface area (TPSA) is 29.5 Å². The zero-order chi connectivity index (χ0) is 21.7. The second-order valence-electron chi connectivity index (χ2n) is 13.4. The zero-order valence-electron chi connectivity index (χ0n) is 20.9. The number of fused-ring (bicyclic) bond motifs is 5. The van der Waals surface area contributed by atoms with Crippen LogP contribution in [0.4, 0.5) is 0 Å². The van der Waals surface area contributed by atoms with Crippen molar-refractivity contribution < 1.29 is 9.84 Å². The van der Waals surface area contributed by atoms with Gasteiger partial charge in [-0.2, -0.15) is 0 Å². The lowest BCUT2D eigenvalue weighted by Gasteiger charge is -2.61. The fraction of sp³-hybridized carbons (Fsp3) is 1.00. The van der Waals surface area contributed by atoms with E-state index in [-0.39, 0.29) is 11.7 Å². The third kappa shape index (κ3) is 4.14. The van der Waals surface area contributed by atoms with Crippen molar-refractivity contribution in [3.63, 3.8) is 0 Å². The Bertz CT molecular complexity index is 594. The molecule has 4 rings (SSSR count). The summed E-state index contributed by atoms with van der Waals surface area (Å²) in [6.45, 7) is 15.3. The van der Waals surface area contributed by atoms with Crippen molar-refractivity contribution in [2.45, 2.75) is 124 Å². The Morgan fingerprint density at radius 1 is 0.933 bits per heavy atom. The number of hydrogen-bond acceptors (Lipinski definition) is 2. The molecule has 0 bridgehead atoms. The van der Waals surface area contributed by atoms with Gasteiger partial charge in [-0.3, -0.25) is 0 Å². The molecule has 4 aliphatic rings. The Morgan fingerprint density at radius 3 is 2.37 bits per heavy atom. The highest BCUT2D eigenvalue weighted by Gasteiger charge is 2.60. The minimum atomic E-state index is -0.0209. The van der Waals surface area contributed by atoms with Crippen LogP contribution >= 0.6 is 0 Å². The Balaban J connectivity index is 1.40. The van der Waals surface area contributed by atoms with Crippen LogP contribution in [0.25, 0.3) is 0 Å². The molecule has 0 radical (unpaired) electrons. The number of hydrogen-bond donors (Lipinski definition) is 1. The van der Waals surface area contributed by atoms with Crippen LogP contribution in [0.1, 0.15) is 112 Å². The molecular formula is C28H50O2. The molecule has 0 amide bonds. The maximum atomic E-state index is 10.3. The van der Waals surface area contributed by atoms with Gasteiger partial charge in [-0.25, -0.2) is 0 Å². The average molecular weight is 419 g/mol. The molecule has 4 fully saturated rings. The van der Waals surface area contributed by atoms with Crippen LogP contribution in [0.15, 0.2) is 0 Å². The molecule has 9 atom stereocenters. The van der Waals surface area contributed by atoms with E-state index in [0.717, 1.165) is 55.0 Å². The normalized spacial score (nSPS) is 47.3. The van der Waals surface area contributed by atoms with Gasteiger partial charge in [0.15, 0.2) is 0 Å². The van der Waals surface area contributed by atoms with E-state index < -0.39 is 0 Å². The molecule has 0 spiro atoms. The highest BCUT2D eigenvalue weighted by atomic mass is 16.5. The lowest BCUT2D eigenvalue weighted by molar-refractivity contribution is -0.129. The van der Waals surface area contributed by atoms with Gasteiger partial charge in [0.1, 0.15) is 0 Å². The summed E-state index contributed by atoms with van der Waals surface area (Å²) in [6, 6.07) is 0. The largest absolute Gasteiger partial charge is 0.393 e. The molecule has 1 N–H and O–H groups in total. The van der Waals surface area contributed by atoms with Gasteiger partial charge >= 0.3 is 0 Å². The van der Waals surface area contributed by atoms with Crippen molar-refractivity contribution in [2.75, 3.05) is 6.61 Å². The van der Waals surface area contributed by atoms with Crippen LogP contribution in [0.2, 0.25) is 0 Å². The SMILES string of the molecule is CC(CCCOC(C)(C)C)C1CCC2C3CCC4CC(O)CCC4(C)C3CCC12C. The molecule has 4 saturated carbocycles. The minimum Gasteiger partial charge on any atom is -0.393 e. The zero-order valence-corrected chi connectivity index (χ0v) is 20.9. The van der Waals surface area contributed by atoms with Crippen molar-refractivity contribution >= 4 is 0 Å². The molecule has 174 valence electrons. The molecule has 2 heteroatoms. The van der Waals surface area contributed by atoms with Crippen LogP contribution < -0.4 is 0 Å². The Hall–Kier alpha value is -0.0800. The molecule has 0 heterocycles. The summed E-state index contributed by atoms with van der Waals surface area (Å²) in [5, 5.41) is 10.3. The van der Waals surface area contributed by atoms with E-state index in [0.29, 0.717) is 10.8 Å². The Kier molecular flexibility index (Phi) is 6.44. The number of rotatable bonds is 5. The Labute approximate surface area is 186 Å². The summed E-state index contributed by atoms with van der Waals surface area (Å²) in [6.07, 6.45) is 14.6. The van der Waals surface area contributed by atoms with Crippen LogP contribution in [-0.2, 0) is 4.74 Å². The van der Waals surface area contributed by atoms with Gasteiger partial charge in [-0.1, -0.05) is 20.8 Å². The third-order valence-electron chi connectivity index (χ3n) is 10.7. The summed E-state index contributed by atoms with van der Waals surface area (Å²) >= 11 is 0. The highest BCUT2D eigenvalue weighted by molar-refractivity contribution is 5.09. The van der Waals surface area contributed by atoms with E-state index in [2.05, 4.69) is 41.5 Å². The van der Waals surface area contributed by atoms with Gasteiger partial charge in [0.25, 0.3) is 0 Å². The van der Waals surface area contributed by atoms with Gasteiger partial charge in [-0.15, -0.1) is 0 Å². The van der Waals surface area contributed by atoms with E-state index in [9.17, 15) is 5.11 Å². The quantitative estimate of drug-likeness (QED) is 0.477. The molecule has 0 saturated heterocycles. The first-order chi connectivity index (χ1) is 14.0. The maximum absolute atomic E-state index is 10.3. The predicted octanol–water partition coefficient (Wildman–Crippen LogP) is 7.24. The van der Waals surface area contributed by atoms with Crippen molar-refractivity contribution in [3.8, 4) is 0 Å². The van der Waals surface area contributed by atoms with Gasteiger partial charge in [0.2, 0.25) is 0 Å². The van der Waals surface area contributed by atoms with E-state index in [1.807, 2.05) is 0 Å². The summed E-state index contributed by atoms with van der Waals surface area (Å²) < 4.78 is 6.00. The van der Waals surface area contributed by atoms with E-state index in [1.54, 1.807) is 0 Å². The second kappa shape index (κ2) is 8.36. The number of aliphatic hydroxyl groups is 1. The summed E-state index contributed by atoms with van der Waals surface area (Å²) in [5.74, 6) is 5.37. The molecule has 0 aromatic rings. The molecule has 2 nitrogen and oxygen atoms in total. The average Bonchev–Trinajstić information content (AvgIpc) is 3.02. The molecule has 0 aromatic heterocycles. The Morgan fingerprint density at radius 2 is 1.63 bits per heavy atom. The van der Waals surface area contributed by atoms with Gasteiger partial charge in [0, 0.05) is 6.61 Å². The minimum absolute atomic E-state index is 0.00380. The monoisotopic (exact) mass is 418 g/mol. The summed E-state index contributed by atoms with van der Waals surface area (Å²) in [5.41, 5.74) is 1.08. The second-order valence-corrected chi connectivity index (χ2v) is 13.4. The van der Waals surface area contributed by atoms with Crippen LogP contribution in [-0.4, -0.2) is 23.4 Å². The fourth-order valence-electron chi connectivity index (χ4n) is 9.20. The van der Waals surface area contributed by atoms with E-state index in [1.165, 1.54) is 57.8 Å². The van der Waals surface area contributed by atoms with Gasteiger partial charge in [-0.05, 0) is 138 Å². The van der Waals surface area contributed by atoms with E-state index in [4.69, 9.17) is 4.74 Å². The molecule has 9 unspecified atom stereocenters. The molecule has 0 aromatic carbocycles. The number of aliphatic hydroxyl groups excluding tert-OH is 1. The molecule has 30 heavy (non-hydrogen) atoms. The van der Waals surface area contributed by atoms with Gasteiger partial charge < -0.3 is 9.84 Å². The fourth-order valence-corrected chi connectivity index (χ4v) is 9.20. The predicted molar refractivity (Wildman–Crippen MR) is 125 cm³/mol.